The van der Waals surface area contributed by atoms with Gasteiger partial charge in [0, 0.05) is 25.3 Å². The fourth-order valence-corrected chi connectivity index (χ4v) is 1.62. The van der Waals surface area contributed by atoms with Crippen molar-refractivity contribution in [3.63, 3.8) is 0 Å². The van der Waals surface area contributed by atoms with Gasteiger partial charge in [-0.15, -0.1) is 0 Å². The van der Waals surface area contributed by atoms with Crippen LogP contribution in [0.3, 0.4) is 0 Å². The molecule has 1 aromatic rings. The van der Waals surface area contributed by atoms with Crippen molar-refractivity contribution in [1.82, 2.24) is 5.32 Å². The summed E-state index contributed by atoms with van der Waals surface area (Å²) >= 11 is 0. The largest absolute Gasteiger partial charge is 0.395 e. The number of rotatable bonds is 6. The van der Waals surface area contributed by atoms with E-state index in [4.69, 9.17) is 5.11 Å². The third-order valence-electron chi connectivity index (χ3n) is 2.43. The van der Waals surface area contributed by atoms with Crippen LogP contribution in [0, 0.1) is 0 Å². The van der Waals surface area contributed by atoms with Crippen molar-refractivity contribution in [3.8, 4) is 0 Å². The molecule has 0 atom stereocenters. The molecule has 0 unspecified atom stereocenters. The predicted octanol–water partition coefficient (Wildman–Crippen LogP) is 1.22. The topological polar surface area (TPSA) is 35.5 Å². The van der Waals surface area contributed by atoms with Gasteiger partial charge >= 0.3 is 0 Å². The number of hydrogen-bond donors (Lipinski definition) is 2. The van der Waals surface area contributed by atoms with E-state index in [1.807, 2.05) is 7.05 Å². The molecule has 0 bridgehead atoms. The standard InChI is InChI=1S/C12H20N2O/c1-3-14(8-9-15)12-6-4-11(5-7-12)10-13-2/h4-7,13,15H,3,8-10H2,1-2H3. The second kappa shape index (κ2) is 6.43. The molecule has 0 amide bonds. The first kappa shape index (κ1) is 12.0. The fraction of sp³-hybridized carbons (Fsp3) is 0.500. The van der Waals surface area contributed by atoms with E-state index in [1.165, 1.54) is 11.3 Å². The fourth-order valence-electron chi connectivity index (χ4n) is 1.62. The smallest absolute Gasteiger partial charge is 0.0606 e. The van der Waals surface area contributed by atoms with Crippen LogP contribution in [0.5, 0.6) is 0 Å². The molecule has 0 spiro atoms. The average Bonchev–Trinajstić information content (AvgIpc) is 2.28. The lowest BCUT2D eigenvalue weighted by molar-refractivity contribution is 0.302. The van der Waals surface area contributed by atoms with Gasteiger partial charge in [0.1, 0.15) is 0 Å². The molecule has 0 aliphatic heterocycles. The Morgan fingerprint density at radius 1 is 1.27 bits per heavy atom. The molecular weight excluding hydrogens is 188 g/mol. The zero-order valence-electron chi connectivity index (χ0n) is 9.53. The first-order valence-electron chi connectivity index (χ1n) is 5.41. The van der Waals surface area contributed by atoms with E-state index in [0.29, 0.717) is 6.54 Å². The van der Waals surface area contributed by atoms with Gasteiger partial charge in [-0.2, -0.15) is 0 Å². The average molecular weight is 208 g/mol. The number of likely N-dealkylation sites (N-methyl/N-ethyl adjacent to an activating group) is 1. The molecule has 3 heteroatoms. The quantitative estimate of drug-likeness (QED) is 0.738. The lowest BCUT2D eigenvalue weighted by atomic mass is 10.2. The number of nitrogens with one attached hydrogen (secondary N) is 1. The molecule has 0 saturated carbocycles. The molecular formula is C12H20N2O. The SMILES string of the molecule is CCN(CCO)c1ccc(CNC)cc1. The normalized spacial score (nSPS) is 10.3. The monoisotopic (exact) mass is 208 g/mol. The van der Waals surface area contributed by atoms with Crippen LogP contribution in [-0.2, 0) is 6.54 Å². The van der Waals surface area contributed by atoms with E-state index in [9.17, 15) is 0 Å². The maximum Gasteiger partial charge on any atom is 0.0606 e. The van der Waals surface area contributed by atoms with E-state index in [0.717, 1.165) is 13.1 Å². The highest BCUT2D eigenvalue weighted by molar-refractivity contribution is 5.47. The van der Waals surface area contributed by atoms with Gasteiger partial charge in [0.05, 0.1) is 6.61 Å². The van der Waals surface area contributed by atoms with Gasteiger partial charge in [-0.1, -0.05) is 12.1 Å². The molecule has 3 nitrogen and oxygen atoms in total. The molecule has 0 aromatic heterocycles. The van der Waals surface area contributed by atoms with Crippen LogP contribution in [0.25, 0.3) is 0 Å². The number of benzene rings is 1. The van der Waals surface area contributed by atoms with Crippen molar-refractivity contribution in [2.45, 2.75) is 13.5 Å². The molecule has 0 radical (unpaired) electrons. The van der Waals surface area contributed by atoms with Crippen LogP contribution in [0.2, 0.25) is 0 Å². The summed E-state index contributed by atoms with van der Waals surface area (Å²) in [4.78, 5) is 2.16. The number of aliphatic hydroxyl groups is 1. The molecule has 0 aliphatic rings. The number of hydrogen-bond acceptors (Lipinski definition) is 3. The molecule has 0 heterocycles. The predicted molar refractivity (Wildman–Crippen MR) is 64.2 cm³/mol. The molecule has 1 aromatic carbocycles. The maximum absolute atomic E-state index is 8.92. The Morgan fingerprint density at radius 2 is 1.93 bits per heavy atom. The van der Waals surface area contributed by atoms with E-state index in [2.05, 4.69) is 41.4 Å². The molecule has 0 fully saturated rings. The lowest BCUT2D eigenvalue weighted by Gasteiger charge is -2.22. The third kappa shape index (κ3) is 3.53. The van der Waals surface area contributed by atoms with Crippen LogP contribution in [0.15, 0.2) is 24.3 Å². The Morgan fingerprint density at radius 3 is 2.40 bits per heavy atom. The summed E-state index contributed by atoms with van der Waals surface area (Å²) < 4.78 is 0. The lowest BCUT2D eigenvalue weighted by Crippen LogP contribution is -2.26. The van der Waals surface area contributed by atoms with E-state index >= 15 is 0 Å². The molecule has 1 rings (SSSR count). The second-order valence-electron chi connectivity index (χ2n) is 3.50. The van der Waals surface area contributed by atoms with Crippen LogP contribution in [0.4, 0.5) is 5.69 Å². The molecule has 0 aliphatic carbocycles. The Balaban J connectivity index is 2.68. The van der Waals surface area contributed by atoms with Crippen LogP contribution in [-0.4, -0.2) is 31.9 Å². The van der Waals surface area contributed by atoms with Gasteiger partial charge in [-0.25, -0.2) is 0 Å². The second-order valence-corrected chi connectivity index (χ2v) is 3.50. The highest BCUT2D eigenvalue weighted by Crippen LogP contribution is 2.14. The number of nitrogens with zero attached hydrogens (tertiary/aromatic N) is 1. The van der Waals surface area contributed by atoms with Crippen LogP contribution in [0.1, 0.15) is 12.5 Å². The third-order valence-corrected chi connectivity index (χ3v) is 2.43. The number of aliphatic hydroxyl groups excluding tert-OH is 1. The van der Waals surface area contributed by atoms with E-state index < -0.39 is 0 Å². The van der Waals surface area contributed by atoms with Gasteiger partial charge in [0.25, 0.3) is 0 Å². The Hall–Kier alpha value is -1.06. The zero-order valence-corrected chi connectivity index (χ0v) is 9.53. The first-order chi connectivity index (χ1) is 7.31. The molecule has 84 valence electrons. The van der Waals surface area contributed by atoms with Crippen LogP contribution >= 0.6 is 0 Å². The Labute approximate surface area is 91.7 Å². The summed E-state index contributed by atoms with van der Waals surface area (Å²) in [6.45, 7) is 4.81. The summed E-state index contributed by atoms with van der Waals surface area (Å²) in [5, 5.41) is 12.0. The summed E-state index contributed by atoms with van der Waals surface area (Å²) in [6, 6.07) is 8.44. The maximum atomic E-state index is 8.92. The summed E-state index contributed by atoms with van der Waals surface area (Å²) in [5.74, 6) is 0. The Bertz CT molecular complexity index is 271. The molecule has 2 N–H and O–H groups in total. The molecule has 0 saturated heterocycles. The van der Waals surface area contributed by atoms with Gasteiger partial charge in [-0.3, -0.25) is 0 Å². The van der Waals surface area contributed by atoms with Gasteiger partial charge in [0.2, 0.25) is 0 Å². The number of anilines is 1. The van der Waals surface area contributed by atoms with Crippen molar-refractivity contribution in [3.05, 3.63) is 29.8 Å². The summed E-state index contributed by atoms with van der Waals surface area (Å²) in [6.07, 6.45) is 0. The Kier molecular flexibility index (Phi) is 5.15. The van der Waals surface area contributed by atoms with Crippen LogP contribution < -0.4 is 10.2 Å². The first-order valence-corrected chi connectivity index (χ1v) is 5.41. The zero-order chi connectivity index (χ0) is 11.1. The van der Waals surface area contributed by atoms with Crippen molar-refractivity contribution in [1.29, 1.82) is 0 Å². The van der Waals surface area contributed by atoms with Gasteiger partial charge in [-0.05, 0) is 31.7 Å². The minimum absolute atomic E-state index is 0.201. The van der Waals surface area contributed by atoms with Gasteiger partial charge < -0.3 is 15.3 Å². The minimum Gasteiger partial charge on any atom is -0.395 e. The van der Waals surface area contributed by atoms with E-state index in [-0.39, 0.29) is 6.61 Å². The van der Waals surface area contributed by atoms with Crippen molar-refractivity contribution >= 4 is 5.69 Å². The molecule has 15 heavy (non-hydrogen) atoms. The van der Waals surface area contributed by atoms with E-state index in [1.54, 1.807) is 0 Å². The summed E-state index contributed by atoms with van der Waals surface area (Å²) in [7, 11) is 1.94. The highest BCUT2D eigenvalue weighted by atomic mass is 16.3. The van der Waals surface area contributed by atoms with Gasteiger partial charge in [0.15, 0.2) is 0 Å². The minimum atomic E-state index is 0.201. The van der Waals surface area contributed by atoms with Crippen molar-refractivity contribution < 1.29 is 5.11 Å². The van der Waals surface area contributed by atoms with Crippen molar-refractivity contribution in [2.75, 3.05) is 31.6 Å². The summed E-state index contributed by atoms with van der Waals surface area (Å²) in [5.41, 5.74) is 2.45. The highest BCUT2D eigenvalue weighted by Gasteiger charge is 2.02. The van der Waals surface area contributed by atoms with Crippen molar-refractivity contribution in [2.24, 2.45) is 0 Å².